The Morgan fingerprint density at radius 2 is 1.88 bits per heavy atom. The van der Waals surface area contributed by atoms with Crippen LogP contribution in [0.4, 0.5) is 5.69 Å². The summed E-state index contributed by atoms with van der Waals surface area (Å²) >= 11 is 0. The molecule has 0 bridgehead atoms. The molecule has 5 heteroatoms. The molecule has 17 heavy (non-hydrogen) atoms. The fraction of sp³-hybridized carbons (Fsp3) is 0.250. The van der Waals surface area contributed by atoms with Gasteiger partial charge in [0.15, 0.2) is 5.78 Å². The molecule has 1 aromatic carbocycles. The fourth-order valence-corrected chi connectivity index (χ4v) is 1.27. The summed E-state index contributed by atoms with van der Waals surface area (Å²) in [4.78, 5) is 33.8. The van der Waals surface area contributed by atoms with Gasteiger partial charge in [-0.25, -0.2) is 4.79 Å². The van der Waals surface area contributed by atoms with Gasteiger partial charge in [-0.2, -0.15) is 0 Å². The quantitative estimate of drug-likeness (QED) is 0.488. The second-order valence-electron chi connectivity index (χ2n) is 3.28. The van der Waals surface area contributed by atoms with E-state index in [0.717, 1.165) is 0 Å². The number of esters is 1. The Bertz CT molecular complexity index is 454. The number of benzene rings is 1. The number of anilines is 1. The first-order chi connectivity index (χ1) is 8.06. The van der Waals surface area contributed by atoms with E-state index >= 15 is 0 Å². The van der Waals surface area contributed by atoms with Crippen LogP contribution in [-0.2, 0) is 14.3 Å². The maximum atomic E-state index is 11.4. The van der Waals surface area contributed by atoms with Crippen molar-refractivity contribution < 1.29 is 19.1 Å². The van der Waals surface area contributed by atoms with Gasteiger partial charge in [0.25, 0.3) is 0 Å². The monoisotopic (exact) mass is 235 g/mol. The normalized spacial score (nSPS) is 9.53. The standard InChI is InChI=1S/C12H13NO4/c1-3-17-12(16)11(15)13-10-7-5-4-6-9(10)8(2)14/h4-7H,3H2,1-2H3,(H,13,15). The van der Waals surface area contributed by atoms with Gasteiger partial charge in [0.2, 0.25) is 0 Å². The SMILES string of the molecule is CCOC(=O)C(=O)Nc1ccccc1C(C)=O. The third kappa shape index (κ3) is 3.41. The molecule has 1 aromatic rings. The molecule has 0 spiro atoms. The fourth-order valence-electron chi connectivity index (χ4n) is 1.27. The molecule has 1 rings (SSSR count). The highest BCUT2D eigenvalue weighted by atomic mass is 16.5. The summed E-state index contributed by atoms with van der Waals surface area (Å²) in [5.41, 5.74) is 0.656. The van der Waals surface area contributed by atoms with Gasteiger partial charge in [-0.05, 0) is 26.0 Å². The average Bonchev–Trinajstić information content (AvgIpc) is 2.29. The zero-order valence-corrected chi connectivity index (χ0v) is 9.65. The Hall–Kier alpha value is -2.17. The number of Topliss-reactive ketones (excluding diaryl/α,β-unsaturated/α-hetero) is 1. The van der Waals surface area contributed by atoms with E-state index in [9.17, 15) is 14.4 Å². The van der Waals surface area contributed by atoms with E-state index in [0.29, 0.717) is 11.3 Å². The van der Waals surface area contributed by atoms with E-state index in [-0.39, 0.29) is 12.4 Å². The van der Waals surface area contributed by atoms with Crippen LogP contribution in [0.5, 0.6) is 0 Å². The van der Waals surface area contributed by atoms with Gasteiger partial charge in [-0.1, -0.05) is 12.1 Å². The zero-order chi connectivity index (χ0) is 12.8. The Kier molecular flexibility index (Phi) is 4.39. The molecule has 90 valence electrons. The molecule has 0 saturated heterocycles. The molecule has 0 unspecified atom stereocenters. The smallest absolute Gasteiger partial charge is 0.397 e. The minimum atomic E-state index is -0.967. The summed E-state index contributed by atoms with van der Waals surface area (Å²) in [6.07, 6.45) is 0. The number of ketones is 1. The van der Waals surface area contributed by atoms with Crippen LogP contribution in [-0.4, -0.2) is 24.3 Å². The largest absolute Gasteiger partial charge is 0.459 e. The van der Waals surface area contributed by atoms with Crippen molar-refractivity contribution in [1.82, 2.24) is 0 Å². The minimum Gasteiger partial charge on any atom is -0.459 e. The van der Waals surface area contributed by atoms with Crippen LogP contribution in [0.1, 0.15) is 24.2 Å². The van der Waals surface area contributed by atoms with Crippen molar-refractivity contribution in [2.24, 2.45) is 0 Å². The lowest BCUT2D eigenvalue weighted by molar-refractivity contribution is -0.152. The van der Waals surface area contributed by atoms with Crippen molar-refractivity contribution >= 4 is 23.3 Å². The van der Waals surface area contributed by atoms with Crippen molar-refractivity contribution in [2.45, 2.75) is 13.8 Å². The number of para-hydroxylation sites is 1. The molecule has 0 atom stereocenters. The summed E-state index contributed by atoms with van der Waals surface area (Å²) in [5.74, 6) is -2.05. The van der Waals surface area contributed by atoms with E-state index in [1.165, 1.54) is 6.92 Å². The topological polar surface area (TPSA) is 72.5 Å². The molecule has 1 amide bonds. The molecule has 0 aliphatic carbocycles. The van der Waals surface area contributed by atoms with Crippen LogP contribution in [0, 0.1) is 0 Å². The molecular formula is C12H13NO4. The highest BCUT2D eigenvalue weighted by Gasteiger charge is 2.17. The van der Waals surface area contributed by atoms with E-state index in [1.54, 1.807) is 31.2 Å². The molecule has 0 saturated carbocycles. The van der Waals surface area contributed by atoms with E-state index in [1.807, 2.05) is 0 Å². The molecular weight excluding hydrogens is 222 g/mol. The summed E-state index contributed by atoms with van der Waals surface area (Å²) in [6, 6.07) is 6.46. The zero-order valence-electron chi connectivity index (χ0n) is 9.65. The first kappa shape index (κ1) is 12.9. The van der Waals surface area contributed by atoms with Crippen molar-refractivity contribution in [3.8, 4) is 0 Å². The first-order valence-corrected chi connectivity index (χ1v) is 5.14. The van der Waals surface area contributed by atoms with Crippen molar-refractivity contribution in [3.63, 3.8) is 0 Å². The van der Waals surface area contributed by atoms with Crippen molar-refractivity contribution in [1.29, 1.82) is 0 Å². The number of hydrogen-bond acceptors (Lipinski definition) is 4. The van der Waals surface area contributed by atoms with E-state index in [2.05, 4.69) is 10.1 Å². The minimum absolute atomic E-state index is 0.126. The van der Waals surface area contributed by atoms with Crippen LogP contribution < -0.4 is 5.32 Å². The predicted molar refractivity (Wildman–Crippen MR) is 61.7 cm³/mol. The first-order valence-electron chi connectivity index (χ1n) is 5.14. The summed E-state index contributed by atoms with van der Waals surface area (Å²) in [6.45, 7) is 3.12. The van der Waals surface area contributed by atoms with E-state index < -0.39 is 11.9 Å². The Morgan fingerprint density at radius 1 is 1.24 bits per heavy atom. The lowest BCUT2D eigenvalue weighted by Crippen LogP contribution is -2.25. The van der Waals surface area contributed by atoms with E-state index in [4.69, 9.17) is 0 Å². The Morgan fingerprint density at radius 3 is 2.47 bits per heavy atom. The average molecular weight is 235 g/mol. The Balaban J connectivity index is 2.85. The lowest BCUT2D eigenvalue weighted by atomic mass is 10.1. The van der Waals surface area contributed by atoms with Gasteiger partial charge in [-0.15, -0.1) is 0 Å². The highest BCUT2D eigenvalue weighted by molar-refractivity contribution is 6.37. The van der Waals surface area contributed by atoms with Crippen LogP contribution in [0.2, 0.25) is 0 Å². The second-order valence-corrected chi connectivity index (χ2v) is 3.28. The summed E-state index contributed by atoms with van der Waals surface area (Å²) in [7, 11) is 0. The van der Waals surface area contributed by atoms with Gasteiger partial charge in [0.05, 0.1) is 12.3 Å². The predicted octanol–water partition coefficient (Wildman–Crippen LogP) is 1.39. The maximum Gasteiger partial charge on any atom is 0.397 e. The lowest BCUT2D eigenvalue weighted by Gasteiger charge is -2.07. The summed E-state index contributed by atoms with van der Waals surface area (Å²) in [5, 5.41) is 2.34. The van der Waals surface area contributed by atoms with Crippen molar-refractivity contribution in [2.75, 3.05) is 11.9 Å². The highest BCUT2D eigenvalue weighted by Crippen LogP contribution is 2.15. The molecule has 0 heterocycles. The third-order valence-electron chi connectivity index (χ3n) is 2.02. The van der Waals surface area contributed by atoms with Gasteiger partial charge < -0.3 is 10.1 Å². The maximum absolute atomic E-state index is 11.4. The summed E-state index contributed by atoms with van der Waals surface area (Å²) < 4.78 is 4.54. The number of ether oxygens (including phenoxy) is 1. The van der Waals surface area contributed by atoms with Gasteiger partial charge >= 0.3 is 11.9 Å². The molecule has 0 radical (unpaired) electrons. The van der Waals surface area contributed by atoms with Gasteiger partial charge in [-0.3, -0.25) is 9.59 Å². The number of amides is 1. The van der Waals surface area contributed by atoms with Crippen LogP contribution >= 0.6 is 0 Å². The number of hydrogen-bond donors (Lipinski definition) is 1. The number of carbonyl (C=O) groups is 3. The molecule has 0 aliphatic heterocycles. The number of carbonyl (C=O) groups excluding carboxylic acids is 3. The second kappa shape index (κ2) is 5.79. The van der Waals surface area contributed by atoms with Crippen molar-refractivity contribution in [3.05, 3.63) is 29.8 Å². The van der Waals surface area contributed by atoms with Crippen LogP contribution in [0.25, 0.3) is 0 Å². The molecule has 1 N–H and O–H groups in total. The van der Waals surface area contributed by atoms with Crippen LogP contribution in [0.15, 0.2) is 24.3 Å². The third-order valence-corrected chi connectivity index (χ3v) is 2.02. The number of rotatable bonds is 3. The van der Waals surface area contributed by atoms with Gasteiger partial charge in [0, 0.05) is 5.56 Å². The number of nitrogens with one attached hydrogen (secondary N) is 1. The van der Waals surface area contributed by atoms with Crippen LogP contribution in [0.3, 0.4) is 0 Å². The molecule has 0 fully saturated rings. The molecule has 5 nitrogen and oxygen atoms in total. The van der Waals surface area contributed by atoms with Gasteiger partial charge in [0.1, 0.15) is 0 Å². The Labute approximate surface area is 98.8 Å². The molecule has 0 aliphatic rings. The molecule has 0 aromatic heterocycles.